The van der Waals surface area contributed by atoms with Crippen LogP contribution in [0, 0.1) is 11.3 Å². The largest absolute Gasteiger partial charge is 0.243 e. The zero-order chi connectivity index (χ0) is 15.4. The van der Waals surface area contributed by atoms with Gasteiger partial charge in [-0.15, -0.1) is 11.3 Å². The lowest BCUT2D eigenvalue weighted by atomic mass is 9.96. The molecular formula is C18H15ClN2S. The summed E-state index contributed by atoms with van der Waals surface area (Å²) in [5.74, 6) is 0. The number of nitriles is 1. The van der Waals surface area contributed by atoms with Crippen LogP contribution < -0.4 is 0 Å². The number of halogens is 1. The Morgan fingerprint density at radius 2 is 2.00 bits per heavy atom. The molecule has 1 aliphatic rings. The molecule has 110 valence electrons. The van der Waals surface area contributed by atoms with Crippen LogP contribution in [0.4, 0.5) is 5.00 Å². The van der Waals surface area contributed by atoms with E-state index in [2.05, 4.69) is 11.1 Å². The summed E-state index contributed by atoms with van der Waals surface area (Å²) in [6.45, 7) is 0. The third-order valence-electron chi connectivity index (χ3n) is 3.67. The molecule has 3 rings (SSSR count). The van der Waals surface area contributed by atoms with Crippen molar-refractivity contribution in [1.82, 2.24) is 0 Å². The van der Waals surface area contributed by atoms with Crippen molar-refractivity contribution in [3.63, 3.8) is 0 Å². The maximum Gasteiger partial charge on any atom is 0.134 e. The van der Waals surface area contributed by atoms with E-state index >= 15 is 0 Å². The van der Waals surface area contributed by atoms with E-state index in [0.29, 0.717) is 5.03 Å². The lowest BCUT2D eigenvalue weighted by molar-refractivity contribution is 0.696. The fraction of sp³-hybridized carbons (Fsp3) is 0.222. The van der Waals surface area contributed by atoms with E-state index in [9.17, 15) is 5.26 Å². The monoisotopic (exact) mass is 326 g/mol. The summed E-state index contributed by atoms with van der Waals surface area (Å²) in [4.78, 5) is 5.77. The van der Waals surface area contributed by atoms with Crippen LogP contribution in [-0.2, 0) is 12.8 Å². The topological polar surface area (TPSA) is 36.1 Å². The molecule has 0 fully saturated rings. The lowest BCUT2D eigenvalue weighted by Gasteiger charge is -2.09. The second-order valence-corrected chi connectivity index (χ2v) is 6.72. The molecule has 0 radical (unpaired) electrons. The van der Waals surface area contributed by atoms with Crippen molar-refractivity contribution < 1.29 is 0 Å². The van der Waals surface area contributed by atoms with Crippen LogP contribution in [0.15, 0.2) is 40.4 Å². The first kappa shape index (κ1) is 15.0. The molecule has 0 unspecified atom stereocenters. The van der Waals surface area contributed by atoms with Gasteiger partial charge in [-0.3, -0.25) is 0 Å². The van der Waals surface area contributed by atoms with Gasteiger partial charge in [0.25, 0.3) is 0 Å². The van der Waals surface area contributed by atoms with Gasteiger partial charge in [-0.05, 0) is 42.9 Å². The molecule has 0 amide bonds. The summed E-state index contributed by atoms with van der Waals surface area (Å²) >= 11 is 7.85. The number of aryl methyl sites for hydroxylation is 1. The van der Waals surface area contributed by atoms with Crippen LogP contribution in [0.3, 0.4) is 0 Å². The number of rotatable bonds is 3. The van der Waals surface area contributed by atoms with Gasteiger partial charge in [-0.25, -0.2) is 4.99 Å². The summed E-state index contributed by atoms with van der Waals surface area (Å²) in [6, 6.07) is 12.2. The Labute approximate surface area is 139 Å². The Kier molecular flexibility index (Phi) is 4.72. The second-order valence-electron chi connectivity index (χ2n) is 5.20. The normalized spacial score (nSPS) is 14.8. The molecule has 0 spiro atoms. The summed E-state index contributed by atoms with van der Waals surface area (Å²) in [7, 11) is 0. The Morgan fingerprint density at radius 1 is 1.23 bits per heavy atom. The van der Waals surface area contributed by atoms with Gasteiger partial charge in [0.15, 0.2) is 0 Å². The molecule has 0 saturated heterocycles. The summed E-state index contributed by atoms with van der Waals surface area (Å²) in [5.41, 5.74) is 2.97. The van der Waals surface area contributed by atoms with Crippen molar-refractivity contribution in [2.45, 2.75) is 25.7 Å². The molecule has 0 aliphatic heterocycles. The second kappa shape index (κ2) is 6.91. The molecular weight excluding hydrogens is 312 g/mol. The number of benzene rings is 1. The van der Waals surface area contributed by atoms with Crippen molar-refractivity contribution in [2.24, 2.45) is 4.99 Å². The predicted octanol–water partition coefficient (Wildman–Crippen LogP) is 5.48. The number of allylic oxidation sites excluding steroid dienone is 1. The average Bonchev–Trinajstić information content (AvgIpc) is 2.91. The molecule has 4 heteroatoms. The minimum absolute atomic E-state index is 0.557. The first-order valence-electron chi connectivity index (χ1n) is 7.29. The van der Waals surface area contributed by atoms with Crippen LogP contribution in [0.5, 0.6) is 0 Å². The number of nitrogens with zero attached hydrogens (tertiary/aromatic N) is 2. The number of thiophene rings is 1. The predicted molar refractivity (Wildman–Crippen MR) is 94.1 cm³/mol. The maximum atomic E-state index is 9.40. The van der Waals surface area contributed by atoms with Gasteiger partial charge in [0.1, 0.15) is 11.1 Å². The zero-order valence-corrected chi connectivity index (χ0v) is 13.6. The van der Waals surface area contributed by atoms with Crippen LogP contribution >= 0.6 is 22.9 Å². The molecule has 22 heavy (non-hydrogen) atoms. The summed E-state index contributed by atoms with van der Waals surface area (Å²) < 4.78 is 0. The highest BCUT2D eigenvalue weighted by molar-refractivity contribution is 7.16. The minimum atomic E-state index is 0.557. The van der Waals surface area contributed by atoms with Gasteiger partial charge in [0.05, 0.1) is 10.6 Å². The quantitative estimate of drug-likeness (QED) is 0.688. The van der Waals surface area contributed by atoms with E-state index in [0.717, 1.165) is 35.4 Å². The van der Waals surface area contributed by atoms with Gasteiger partial charge in [-0.2, -0.15) is 5.26 Å². The van der Waals surface area contributed by atoms with Crippen LogP contribution in [0.2, 0.25) is 0 Å². The fourth-order valence-electron chi connectivity index (χ4n) is 2.62. The SMILES string of the molecule is N#Cc1c(N=C/C(Cl)=C/c2ccccc2)sc2c1CCCC2. The molecule has 2 nitrogen and oxygen atoms in total. The minimum Gasteiger partial charge on any atom is -0.243 e. The Hall–Kier alpha value is -1.89. The highest BCUT2D eigenvalue weighted by Gasteiger charge is 2.20. The van der Waals surface area contributed by atoms with Crippen LogP contribution in [0.1, 0.15) is 34.4 Å². The van der Waals surface area contributed by atoms with E-state index in [1.54, 1.807) is 17.6 Å². The number of aliphatic imine (C=N–C) groups is 1. The summed E-state index contributed by atoms with van der Waals surface area (Å²) in [6.07, 6.45) is 7.93. The Balaban J connectivity index is 1.85. The number of fused-ring (bicyclic) bond motifs is 1. The van der Waals surface area contributed by atoms with Crippen molar-refractivity contribution >= 4 is 40.2 Å². The number of hydrogen-bond donors (Lipinski definition) is 0. The van der Waals surface area contributed by atoms with Crippen molar-refractivity contribution in [3.05, 3.63) is 56.9 Å². The maximum absolute atomic E-state index is 9.40. The smallest absolute Gasteiger partial charge is 0.134 e. The molecule has 1 heterocycles. The fourth-order valence-corrected chi connectivity index (χ4v) is 3.98. The zero-order valence-electron chi connectivity index (χ0n) is 12.1. The third kappa shape index (κ3) is 3.30. The van der Waals surface area contributed by atoms with Crippen LogP contribution in [0.25, 0.3) is 6.08 Å². The Morgan fingerprint density at radius 3 is 2.77 bits per heavy atom. The van der Waals surface area contributed by atoms with E-state index in [1.807, 2.05) is 36.4 Å². The summed E-state index contributed by atoms with van der Waals surface area (Å²) in [5, 5.41) is 10.7. The third-order valence-corrected chi connectivity index (χ3v) is 5.08. The molecule has 2 aromatic rings. The molecule has 0 N–H and O–H groups in total. The average molecular weight is 327 g/mol. The van der Waals surface area contributed by atoms with E-state index in [4.69, 9.17) is 11.6 Å². The standard InChI is InChI=1S/C18H15ClN2S/c19-14(10-13-6-2-1-3-7-13)12-21-18-16(11-20)15-8-4-5-9-17(15)22-18/h1-3,6-7,10,12H,4-5,8-9H2/b14-10-,21-12?. The molecule has 0 atom stereocenters. The van der Waals surface area contributed by atoms with Crippen molar-refractivity contribution in [3.8, 4) is 6.07 Å². The molecule has 1 aromatic heterocycles. The van der Waals surface area contributed by atoms with Crippen molar-refractivity contribution in [1.29, 1.82) is 5.26 Å². The Bertz CT molecular complexity index is 766. The number of hydrogen-bond acceptors (Lipinski definition) is 3. The van der Waals surface area contributed by atoms with Gasteiger partial charge in [-0.1, -0.05) is 41.9 Å². The lowest BCUT2D eigenvalue weighted by Crippen LogP contribution is -1.99. The molecule has 0 saturated carbocycles. The van der Waals surface area contributed by atoms with E-state index < -0.39 is 0 Å². The van der Waals surface area contributed by atoms with Crippen LogP contribution in [-0.4, -0.2) is 6.21 Å². The van der Waals surface area contributed by atoms with Gasteiger partial charge in [0.2, 0.25) is 0 Å². The molecule has 0 bridgehead atoms. The van der Waals surface area contributed by atoms with Gasteiger partial charge >= 0.3 is 0 Å². The van der Waals surface area contributed by atoms with Crippen molar-refractivity contribution in [2.75, 3.05) is 0 Å². The highest BCUT2D eigenvalue weighted by atomic mass is 35.5. The first-order chi connectivity index (χ1) is 10.8. The highest BCUT2D eigenvalue weighted by Crippen LogP contribution is 2.39. The molecule has 1 aliphatic carbocycles. The molecule has 1 aromatic carbocycles. The van der Waals surface area contributed by atoms with E-state index in [1.165, 1.54) is 16.9 Å². The van der Waals surface area contributed by atoms with Gasteiger partial charge < -0.3 is 0 Å². The first-order valence-corrected chi connectivity index (χ1v) is 8.48. The van der Waals surface area contributed by atoms with E-state index in [-0.39, 0.29) is 0 Å². The van der Waals surface area contributed by atoms with Gasteiger partial charge in [0, 0.05) is 11.1 Å².